The van der Waals surface area contributed by atoms with Crippen molar-refractivity contribution in [2.75, 3.05) is 39.4 Å². The van der Waals surface area contributed by atoms with Crippen LogP contribution >= 0.6 is 0 Å². The molecule has 1 aromatic rings. The summed E-state index contributed by atoms with van der Waals surface area (Å²) in [5.74, 6) is 0. The lowest BCUT2D eigenvalue weighted by atomic mass is 10.1. The number of nitrogens with one attached hydrogen (secondary N) is 1. The second-order valence-electron chi connectivity index (χ2n) is 5.33. The second kappa shape index (κ2) is 8.07. The van der Waals surface area contributed by atoms with Crippen LogP contribution in [0.5, 0.6) is 0 Å². The summed E-state index contributed by atoms with van der Waals surface area (Å²) in [6, 6.07) is 6.95. The molecule has 0 aliphatic carbocycles. The van der Waals surface area contributed by atoms with Gasteiger partial charge in [-0.25, -0.2) is 0 Å². The molecule has 1 aliphatic heterocycles. The van der Waals surface area contributed by atoms with Crippen molar-refractivity contribution in [3.63, 3.8) is 0 Å². The predicted octanol–water partition coefficient (Wildman–Crippen LogP) is 1.97. The van der Waals surface area contributed by atoms with Crippen molar-refractivity contribution in [3.8, 4) is 0 Å². The predicted molar refractivity (Wildman–Crippen MR) is 81.4 cm³/mol. The van der Waals surface area contributed by atoms with Crippen LogP contribution in [0.4, 0.5) is 5.69 Å². The van der Waals surface area contributed by atoms with Crippen molar-refractivity contribution in [3.05, 3.63) is 39.9 Å². The van der Waals surface area contributed by atoms with Gasteiger partial charge in [0.1, 0.15) is 0 Å². The molecule has 0 spiro atoms. The topological polar surface area (TPSA) is 67.6 Å². The van der Waals surface area contributed by atoms with E-state index in [0.717, 1.165) is 51.4 Å². The molecule has 21 heavy (non-hydrogen) atoms. The molecule has 116 valence electrons. The Morgan fingerprint density at radius 1 is 1.33 bits per heavy atom. The smallest absolute Gasteiger partial charge is 0.269 e. The standard InChI is InChI=1S/C15H23N3O3/c1-13(14-3-5-15(6-4-14)18(19)20)16-7-2-8-17-9-11-21-12-10-17/h3-6,13,16H,2,7-12H2,1H3. The van der Waals surface area contributed by atoms with Gasteiger partial charge in [0.2, 0.25) is 0 Å². The van der Waals surface area contributed by atoms with Crippen LogP contribution in [0.2, 0.25) is 0 Å². The van der Waals surface area contributed by atoms with Crippen LogP contribution in [0.25, 0.3) is 0 Å². The maximum absolute atomic E-state index is 10.6. The van der Waals surface area contributed by atoms with Crippen LogP contribution in [-0.2, 0) is 4.74 Å². The Bertz CT molecular complexity index is 444. The van der Waals surface area contributed by atoms with Crippen LogP contribution in [0.1, 0.15) is 24.9 Å². The Hall–Kier alpha value is -1.50. The highest BCUT2D eigenvalue weighted by molar-refractivity contribution is 5.33. The monoisotopic (exact) mass is 293 g/mol. The van der Waals surface area contributed by atoms with Crippen molar-refractivity contribution in [2.45, 2.75) is 19.4 Å². The van der Waals surface area contributed by atoms with Gasteiger partial charge < -0.3 is 10.1 Å². The molecule has 0 amide bonds. The molecule has 6 heteroatoms. The molecule has 1 unspecified atom stereocenters. The van der Waals surface area contributed by atoms with E-state index in [0.29, 0.717) is 0 Å². The number of nitro benzene ring substituents is 1. The molecule has 0 saturated carbocycles. The fourth-order valence-electron chi connectivity index (χ4n) is 2.45. The molecule has 1 saturated heterocycles. The van der Waals surface area contributed by atoms with Crippen LogP contribution in [-0.4, -0.2) is 49.2 Å². The number of benzene rings is 1. The van der Waals surface area contributed by atoms with E-state index in [9.17, 15) is 10.1 Å². The van der Waals surface area contributed by atoms with Gasteiger partial charge in [-0.3, -0.25) is 15.0 Å². The average Bonchev–Trinajstić information content (AvgIpc) is 2.52. The number of hydrogen-bond acceptors (Lipinski definition) is 5. The molecule has 0 radical (unpaired) electrons. The molecular weight excluding hydrogens is 270 g/mol. The van der Waals surface area contributed by atoms with Crippen molar-refractivity contribution in [1.82, 2.24) is 10.2 Å². The summed E-state index contributed by atoms with van der Waals surface area (Å²) in [5, 5.41) is 14.1. The Morgan fingerprint density at radius 3 is 2.62 bits per heavy atom. The summed E-state index contributed by atoms with van der Waals surface area (Å²) in [6.45, 7) is 7.84. The van der Waals surface area contributed by atoms with Gasteiger partial charge in [-0.2, -0.15) is 0 Å². The Balaban J connectivity index is 1.68. The molecule has 1 fully saturated rings. The largest absolute Gasteiger partial charge is 0.379 e. The van der Waals surface area contributed by atoms with Gasteiger partial charge in [-0.05, 0) is 32.0 Å². The van der Waals surface area contributed by atoms with E-state index in [1.807, 2.05) is 12.1 Å². The number of morpholine rings is 1. The number of non-ortho nitro benzene ring substituents is 1. The fraction of sp³-hybridized carbons (Fsp3) is 0.600. The van der Waals surface area contributed by atoms with E-state index in [4.69, 9.17) is 4.74 Å². The number of hydrogen-bond donors (Lipinski definition) is 1. The van der Waals surface area contributed by atoms with Crippen LogP contribution in [0.3, 0.4) is 0 Å². The van der Waals surface area contributed by atoms with Crippen LogP contribution in [0.15, 0.2) is 24.3 Å². The highest BCUT2D eigenvalue weighted by atomic mass is 16.6. The van der Waals surface area contributed by atoms with Crippen molar-refractivity contribution >= 4 is 5.69 Å². The number of nitro groups is 1. The van der Waals surface area contributed by atoms with E-state index >= 15 is 0 Å². The molecular formula is C15H23N3O3. The van der Waals surface area contributed by atoms with Crippen LogP contribution in [0, 0.1) is 10.1 Å². The van der Waals surface area contributed by atoms with Crippen LogP contribution < -0.4 is 5.32 Å². The number of nitrogens with zero attached hydrogens (tertiary/aromatic N) is 2. The van der Waals surface area contributed by atoms with Gasteiger partial charge in [0.25, 0.3) is 5.69 Å². The SMILES string of the molecule is CC(NCCCN1CCOCC1)c1ccc([N+](=O)[O-])cc1. The van der Waals surface area contributed by atoms with E-state index in [1.54, 1.807) is 12.1 Å². The lowest BCUT2D eigenvalue weighted by Crippen LogP contribution is -2.37. The highest BCUT2D eigenvalue weighted by Gasteiger charge is 2.11. The van der Waals surface area contributed by atoms with E-state index in [-0.39, 0.29) is 16.7 Å². The van der Waals surface area contributed by atoms with Gasteiger partial charge in [-0.15, -0.1) is 0 Å². The summed E-state index contributed by atoms with van der Waals surface area (Å²) in [7, 11) is 0. The van der Waals surface area contributed by atoms with Crippen molar-refractivity contribution < 1.29 is 9.66 Å². The summed E-state index contributed by atoms with van der Waals surface area (Å²) >= 11 is 0. The fourth-order valence-corrected chi connectivity index (χ4v) is 2.45. The quantitative estimate of drug-likeness (QED) is 0.473. The molecule has 6 nitrogen and oxygen atoms in total. The van der Waals surface area contributed by atoms with Crippen molar-refractivity contribution in [1.29, 1.82) is 0 Å². The first-order valence-electron chi connectivity index (χ1n) is 7.44. The van der Waals surface area contributed by atoms with Crippen molar-refractivity contribution in [2.24, 2.45) is 0 Å². The summed E-state index contributed by atoms with van der Waals surface area (Å²) < 4.78 is 5.32. The van der Waals surface area contributed by atoms with E-state index in [1.165, 1.54) is 0 Å². The van der Waals surface area contributed by atoms with Gasteiger partial charge in [0, 0.05) is 31.3 Å². The van der Waals surface area contributed by atoms with Gasteiger partial charge >= 0.3 is 0 Å². The number of rotatable bonds is 7. The molecule has 1 atom stereocenters. The first-order valence-corrected chi connectivity index (χ1v) is 7.44. The molecule has 1 aromatic carbocycles. The molecule has 1 heterocycles. The Morgan fingerprint density at radius 2 is 2.00 bits per heavy atom. The summed E-state index contributed by atoms with van der Waals surface area (Å²) in [6.07, 6.45) is 1.09. The lowest BCUT2D eigenvalue weighted by Gasteiger charge is -2.26. The third-order valence-corrected chi connectivity index (χ3v) is 3.81. The average molecular weight is 293 g/mol. The summed E-state index contributed by atoms with van der Waals surface area (Å²) in [5.41, 5.74) is 1.21. The maximum atomic E-state index is 10.6. The molecule has 0 aromatic heterocycles. The van der Waals surface area contributed by atoms with E-state index < -0.39 is 0 Å². The minimum atomic E-state index is -0.371. The zero-order valence-electron chi connectivity index (χ0n) is 12.5. The first kappa shape index (κ1) is 15.9. The zero-order valence-corrected chi connectivity index (χ0v) is 12.5. The van der Waals surface area contributed by atoms with E-state index in [2.05, 4.69) is 17.1 Å². The third-order valence-electron chi connectivity index (χ3n) is 3.81. The second-order valence-corrected chi connectivity index (χ2v) is 5.33. The molecule has 1 N–H and O–H groups in total. The normalized spacial score (nSPS) is 17.6. The minimum Gasteiger partial charge on any atom is -0.379 e. The Kier molecular flexibility index (Phi) is 6.10. The zero-order chi connectivity index (χ0) is 15.1. The summed E-state index contributed by atoms with van der Waals surface area (Å²) in [4.78, 5) is 12.7. The molecule has 1 aliphatic rings. The number of ether oxygens (including phenoxy) is 1. The van der Waals surface area contributed by atoms with Gasteiger partial charge in [0.05, 0.1) is 18.1 Å². The Labute approximate surface area is 125 Å². The maximum Gasteiger partial charge on any atom is 0.269 e. The lowest BCUT2D eigenvalue weighted by molar-refractivity contribution is -0.384. The molecule has 0 bridgehead atoms. The van der Waals surface area contributed by atoms with Gasteiger partial charge in [0.15, 0.2) is 0 Å². The molecule has 2 rings (SSSR count). The third kappa shape index (κ3) is 5.08. The highest BCUT2D eigenvalue weighted by Crippen LogP contribution is 2.17. The minimum absolute atomic E-state index is 0.137. The first-order chi connectivity index (χ1) is 10.2. The van der Waals surface area contributed by atoms with Gasteiger partial charge in [-0.1, -0.05) is 12.1 Å².